The Morgan fingerprint density at radius 2 is 1.87 bits per heavy atom. The van der Waals surface area contributed by atoms with Gasteiger partial charge in [0.15, 0.2) is 0 Å². The zero-order chi connectivity index (χ0) is 22.4. The molecule has 3 aromatic rings. The summed E-state index contributed by atoms with van der Waals surface area (Å²) >= 11 is 0. The van der Waals surface area contributed by atoms with E-state index in [0.717, 1.165) is 11.3 Å². The van der Waals surface area contributed by atoms with Crippen LogP contribution in [-0.4, -0.2) is 45.8 Å². The number of carbonyl (C=O) groups is 1. The first-order valence-corrected chi connectivity index (χ1v) is 10.3. The Morgan fingerprint density at radius 1 is 1.10 bits per heavy atom. The third-order valence-corrected chi connectivity index (χ3v) is 4.99. The van der Waals surface area contributed by atoms with Crippen LogP contribution in [0.5, 0.6) is 11.5 Å². The van der Waals surface area contributed by atoms with E-state index in [0.29, 0.717) is 47.9 Å². The molecule has 0 bridgehead atoms. The number of aliphatic hydroxyl groups excluding tert-OH is 1. The van der Waals surface area contributed by atoms with Crippen LogP contribution < -0.4 is 9.47 Å². The number of hydrogen-bond acceptors (Lipinski definition) is 5. The molecule has 0 radical (unpaired) electrons. The van der Waals surface area contributed by atoms with Crippen molar-refractivity contribution in [2.24, 2.45) is 0 Å². The van der Waals surface area contributed by atoms with Gasteiger partial charge in [-0.05, 0) is 49.2 Å². The zero-order valence-corrected chi connectivity index (χ0v) is 18.0. The Hall–Kier alpha value is -3.32. The number of methoxy groups -OCH3 is 1. The Balaban J connectivity index is 2.16. The Kier molecular flexibility index (Phi) is 7.31. The zero-order valence-electron chi connectivity index (χ0n) is 18.0. The molecular weight excluding hydrogens is 396 g/mol. The normalized spacial score (nSPS) is 11.9. The molecule has 0 unspecified atom stereocenters. The monoisotopic (exact) mass is 424 g/mol. The predicted molar refractivity (Wildman–Crippen MR) is 118 cm³/mol. The van der Waals surface area contributed by atoms with Crippen molar-refractivity contribution in [1.82, 2.24) is 9.78 Å². The van der Waals surface area contributed by atoms with E-state index in [1.807, 2.05) is 44.2 Å². The molecule has 0 aliphatic rings. The van der Waals surface area contributed by atoms with Crippen molar-refractivity contribution >= 4 is 5.97 Å². The first-order valence-electron chi connectivity index (χ1n) is 10.3. The Morgan fingerprint density at radius 3 is 2.55 bits per heavy atom. The van der Waals surface area contributed by atoms with Crippen LogP contribution in [0.1, 0.15) is 25.8 Å². The number of hydrogen-bond donors (Lipinski definition) is 2. The van der Waals surface area contributed by atoms with Crippen LogP contribution in [0.2, 0.25) is 0 Å². The maximum Gasteiger partial charge on any atom is 0.307 e. The molecule has 2 aromatic carbocycles. The van der Waals surface area contributed by atoms with Crippen molar-refractivity contribution in [1.29, 1.82) is 0 Å². The van der Waals surface area contributed by atoms with Crippen LogP contribution in [0.15, 0.2) is 48.5 Å². The van der Waals surface area contributed by atoms with Crippen molar-refractivity contribution < 1.29 is 24.5 Å². The molecule has 0 amide bonds. The lowest BCUT2D eigenvalue weighted by Crippen LogP contribution is -2.16. The highest BCUT2D eigenvalue weighted by atomic mass is 16.5. The lowest BCUT2D eigenvalue weighted by Gasteiger charge is -2.13. The van der Waals surface area contributed by atoms with Crippen LogP contribution in [0.25, 0.3) is 22.5 Å². The van der Waals surface area contributed by atoms with E-state index in [1.165, 1.54) is 0 Å². The van der Waals surface area contributed by atoms with Crippen LogP contribution in [0.3, 0.4) is 0 Å². The summed E-state index contributed by atoms with van der Waals surface area (Å²) in [4.78, 5) is 11.2. The maximum absolute atomic E-state index is 11.2. The smallest absolute Gasteiger partial charge is 0.307 e. The van der Waals surface area contributed by atoms with Crippen LogP contribution >= 0.6 is 0 Å². The van der Waals surface area contributed by atoms with Crippen LogP contribution in [-0.2, 0) is 17.8 Å². The molecule has 0 aliphatic carbocycles. The Labute approximate surface area is 181 Å². The average Bonchev–Trinajstić information content (AvgIpc) is 3.17. The molecule has 7 nitrogen and oxygen atoms in total. The van der Waals surface area contributed by atoms with Crippen molar-refractivity contribution in [3.05, 3.63) is 54.1 Å². The molecule has 2 N–H and O–H groups in total. The average molecular weight is 424 g/mol. The SMILES string of the molecule is CCOc1ccc(CC(=O)O)cc1-c1cc(-c2ccccc2OC)n(C[C@@H](O)CC)n1. The molecule has 0 saturated carbocycles. The maximum atomic E-state index is 11.2. The number of aliphatic carboxylic acids is 1. The highest BCUT2D eigenvalue weighted by Gasteiger charge is 2.19. The van der Waals surface area contributed by atoms with Gasteiger partial charge in [0.05, 0.1) is 44.2 Å². The summed E-state index contributed by atoms with van der Waals surface area (Å²) in [5, 5.41) is 24.2. The van der Waals surface area contributed by atoms with Gasteiger partial charge in [-0.1, -0.05) is 25.1 Å². The first-order chi connectivity index (χ1) is 15.0. The molecular formula is C24H28N2O5. The minimum Gasteiger partial charge on any atom is -0.496 e. The number of ether oxygens (including phenoxy) is 2. The van der Waals surface area contributed by atoms with E-state index < -0.39 is 12.1 Å². The number of aliphatic hydroxyl groups is 1. The second-order valence-corrected chi connectivity index (χ2v) is 7.19. The van der Waals surface area contributed by atoms with Gasteiger partial charge in [0.25, 0.3) is 0 Å². The summed E-state index contributed by atoms with van der Waals surface area (Å²) in [5.41, 5.74) is 3.66. The molecule has 0 aliphatic heterocycles. The number of nitrogens with zero attached hydrogens (tertiary/aromatic N) is 2. The molecule has 31 heavy (non-hydrogen) atoms. The van der Waals surface area contributed by atoms with E-state index in [-0.39, 0.29) is 6.42 Å². The highest BCUT2D eigenvalue weighted by molar-refractivity contribution is 5.77. The van der Waals surface area contributed by atoms with Gasteiger partial charge in [0, 0.05) is 11.1 Å². The van der Waals surface area contributed by atoms with Crippen LogP contribution in [0, 0.1) is 0 Å². The highest BCUT2D eigenvalue weighted by Crippen LogP contribution is 2.36. The fourth-order valence-corrected chi connectivity index (χ4v) is 3.43. The molecule has 1 aromatic heterocycles. The molecule has 164 valence electrons. The van der Waals surface area contributed by atoms with Crippen molar-refractivity contribution in [2.45, 2.75) is 39.3 Å². The fourth-order valence-electron chi connectivity index (χ4n) is 3.43. The molecule has 0 spiro atoms. The molecule has 3 rings (SSSR count). The van der Waals surface area contributed by atoms with Gasteiger partial charge >= 0.3 is 5.97 Å². The minimum atomic E-state index is -0.901. The molecule has 1 atom stereocenters. The van der Waals surface area contributed by atoms with Gasteiger partial charge in [0.1, 0.15) is 11.5 Å². The number of para-hydroxylation sites is 1. The van der Waals surface area contributed by atoms with Crippen molar-refractivity contribution in [3.63, 3.8) is 0 Å². The van der Waals surface area contributed by atoms with Crippen LogP contribution in [0.4, 0.5) is 0 Å². The standard InChI is InChI=1S/C24H28N2O5/c1-4-17(27)15-26-21(18-8-6-7-9-22(18)30-3)14-20(25-26)19-12-16(13-24(28)29)10-11-23(19)31-5-2/h6-12,14,17,27H,4-5,13,15H2,1-3H3,(H,28,29)/t17-/m0/s1. The molecule has 1 heterocycles. The van der Waals surface area contributed by atoms with Gasteiger partial charge in [-0.15, -0.1) is 0 Å². The summed E-state index contributed by atoms with van der Waals surface area (Å²) in [6.45, 7) is 4.61. The van der Waals surface area contributed by atoms with E-state index in [4.69, 9.17) is 14.6 Å². The summed E-state index contributed by atoms with van der Waals surface area (Å²) < 4.78 is 13.1. The summed E-state index contributed by atoms with van der Waals surface area (Å²) in [6, 6.07) is 14.9. The topological polar surface area (TPSA) is 93.8 Å². The van der Waals surface area contributed by atoms with Gasteiger partial charge in [-0.3, -0.25) is 9.48 Å². The summed E-state index contributed by atoms with van der Waals surface area (Å²) in [6.07, 6.45) is -0.0433. The third kappa shape index (κ3) is 5.24. The number of carboxylic acid groups (broad SMARTS) is 1. The third-order valence-electron chi connectivity index (χ3n) is 4.99. The van der Waals surface area contributed by atoms with E-state index in [9.17, 15) is 15.0 Å². The van der Waals surface area contributed by atoms with Gasteiger partial charge in [0.2, 0.25) is 0 Å². The molecule has 0 fully saturated rings. The summed E-state index contributed by atoms with van der Waals surface area (Å²) in [5.74, 6) is 0.427. The predicted octanol–water partition coefficient (Wildman–Crippen LogP) is 4.02. The van der Waals surface area contributed by atoms with Gasteiger partial charge in [-0.25, -0.2) is 0 Å². The molecule has 7 heteroatoms. The summed E-state index contributed by atoms with van der Waals surface area (Å²) in [7, 11) is 1.61. The van der Waals surface area contributed by atoms with E-state index >= 15 is 0 Å². The second-order valence-electron chi connectivity index (χ2n) is 7.19. The number of carboxylic acids is 1. The number of benzene rings is 2. The Bertz CT molecular complexity index is 1040. The van der Waals surface area contributed by atoms with Crippen molar-refractivity contribution in [2.75, 3.05) is 13.7 Å². The largest absolute Gasteiger partial charge is 0.496 e. The fraction of sp³-hybridized carbons (Fsp3) is 0.333. The van der Waals surface area contributed by atoms with Gasteiger partial charge in [-0.2, -0.15) is 5.10 Å². The first kappa shape index (κ1) is 22.4. The molecule has 0 saturated heterocycles. The number of aromatic nitrogens is 2. The lowest BCUT2D eigenvalue weighted by atomic mass is 10.0. The van der Waals surface area contributed by atoms with E-state index in [2.05, 4.69) is 0 Å². The van der Waals surface area contributed by atoms with Crippen molar-refractivity contribution in [3.8, 4) is 34.0 Å². The lowest BCUT2D eigenvalue weighted by molar-refractivity contribution is -0.136. The minimum absolute atomic E-state index is 0.0893. The quantitative estimate of drug-likeness (QED) is 0.511. The van der Waals surface area contributed by atoms with Gasteiger partial charge < -0.3 is 19.7 Å². The number of rotatable bonds is 10. The van der Waals surface area contributed by atoms with E-state index in [1.54, 1.807) is 30.0 Å². The second kappa shape index (κ2) is 10.1.